The Morgan fingerprint density at radius 1 is 1.07 bits per heavy atom. The third-order valence-electron chi connectivity index (χ3n) is 3.59. The molecule has 2 aromatic rings. The normalized spacial score (nSPS) is 11.7. The van der Waals surface area contributed by atoms with Crippen LogP contribution in [0, 0.1) is 0 Å². The van der Waals surface area contributed by atoms with E-state index in [0.717, 1.165) is 5.75 Å². The van der Waals surface area contributed by atoms with Crippen LogP contribution >= 0.6 is 0 Å². The molecular weight excluding hydrogens is 366 g/mol. The monoisotopic (exact) mass is 389 g/mol. The molecular formula is C20H23NO7. The van der Waals surface area contributed by atoms with Gasteiger partial charge in [0.2, 0.25) is 0 Å². The Kier molecular flexibility index (Phi) is 8.13. The Morgan fingerprint density at radius 3 is 2.36 bits per heavy atom. The third-order valence-corrected chi connectivity index (χ3v) is 3.59. The molecule has 2 rings (SSSR count). The minimum absolute atomic E-state index is 0.191. The van der Waals surface area contributed by atoms with Crippen LogP contribution in [0.25, 0.3) is 6.08 Å². The molecule has 2 aromatic carbocycles. The summed E-state index contributed by atoms with van der Waals surface area (Å²) >= 11 is 0. The van der Waals surface area contributed by atoms with E-state index in [1.165, 1.54) is 17.6 Å². The highest BCUT2D eigenvalue weighted by atomic mass is 17.2. The number of carbonyl (C=O) groups excluding carboxylic acids is 1. The molecule has 0 radical (unpaired) electrons. The van der Waals surface area contributed by atoms with Crippen LogP contribution in [0.4, 0.5) is 0 Å². The number of benzene rings is 2. The second kappa shape index (κ2) is 10.8. The van der Waals surface area contributed by atoms with E-state index >= 15 is 0 Å². The van der Waals surface area contributed by atoms with Crippen molar-refractivity contribution < 1.29 is 34.0 Å². The molecule has 150 valence electrons. The fourth-order valence-electron chi connectivity index (χ4n) is 2.11. The van der Waals surface area contributed by atoms with Gasteiger partial charge >= 0.3 is 0 Å². The molecule has 0 saturated heterocycles. The minimum atomic E-state index is -0.647. The maximum atomic E-state index is 11.2. The zero-order valence-electron chi connectivity index (χ0n) is 15.9. The summed E-state index contributed by atoms with van der Waals surface area (Å²) in [6.07, 6.45) is 2.31. The van der Waals surface area contributed by atoms with Gasteiger partial charge in [-0.3, -0.25) is 10.0 Å². The van der Waals surface area contributed by atoms with Gasteiger partial charge in [-0.2, -0.15) is 4.89 Å². The summed E-state index contributed by atoms with van der Waals surface area (Å²) in [6.45, 7) is 1.98. The predicted molar refractivity (Wildman–Crippen MR) is 102 cm³/mol. The van der Waals surface area contributed by atoms with E-state index in [1.807, 2.05) is 0 Å². The molecule has 0 bridgehead atoms. The second-order valence-corrected chi connectivity index (χ2v) is 5.69. The summed E-state index contributed by atoms with van der Waals surface area (Å²) in [5, 5.41) is 8.58. The van der Waals surface area contributed by atoms with E-state index in [9.17, 15) is 4.79 Å². The summed E-state index contributed by atoms with van der Waals surface area (Å²) in [5.41, 5.74) is 2.16. The van der Waals surface area contributed by atoms with Crippen LogP contribution in [0.5, 0.6) is 23.0 Å². The molecule has 1 amide bonds. The fraction of sp³-hybridized carbons (Fsp3) is 0.250. The molecule has 8 nitrogen and oxygen atoms in total. The van der Waals surface area contributed by atoms with Crippen LogP contribution in [0.15, 0.2) is 48.5 Å². The van der Waals surface area contributed by atoms with Crippen molar-refractivity contribution in [3.63, 3.8) is 0 Å². The van der Waals surface area contributed by atoms with E-state index in [0.29, 0.717) is 22.8 Å². The standard InChI is InChI=1S/C20H23NO7/c1-14(27-28-17-9-7-16(24-2)8-10-17)13-26-19-12-18(25-3)6-4-15(19)5-11-20(22)21-23/h4-12,14,23H,13H2,1-3H3,(H,21,22)/b11-5+. The molecule has 0 aliphatic heterocycles. The summed E-state index contributed by atoms with van der Waals surface area (Å²) in [6, 6.07) is 12.1. The quantitative estimate of drug-likeness (QED) is 0.279. The van der Waals surface area contributed by atoms with Gasteiger partial charge in [0.15, 0.2) is 5.75 Å². The lowest BCUT2D eigenvalue weighted by molar-refractivity contribution is -0.245. The minimum Gasteiger partial charge on any atom is -0.497 e. The van der Waals surface area contributed by atoms with Gasteiger partial charge in [0, 0.05) is 17.7 Å². The van der Waals surface area contributed by atoms with Crippen molar-refractivity contribution in [1.82, 2.24) is 5.48 Å². The van der Waals surface area contributed by atoms with Crippen molar-refractivity contribution in [3.05, 3.63) is 54.1 Å². The molecule has 0 aliphatic carbocycles. The molecule has 1 atom stereocenters. The van der Waals surface area contributed by atoms with Crippen LogP contribution in [0.2, 0.25) is 0 Å². The number of ether oxygens (including phenoxy) is 3. The highest BCUT2D eigenvalue weighted by molar-refractivity contribution is 5.91. The third kappa shape index (κ3) is 6.49. The first kappa shape index (κ1) is 21.1. The fourth-order valence-corrected chi connectivity index (χ4v) is 2.11. The predicted octanol–water partition coefficient (Wildman–Crippen LogP) is 3.00. The molecule has 28 heavy (non-hydrogen) atoms. The van der Waals surface area contributed by atoms with Gasteiger partial charge in [-0.25, -0.2) is 5.48 Å². The number of methoxy groups -OCH3 is 2. The molecule has 0 heterocycles. The highest BCUT2D eigenvalue weighted by Gasteiger charge is 2.10. The lowest BCUT2D eigenvalue weighted by Gasteiger charge is -2.15. The zero-order valence-corrected chi connectivity index (χ0v) is 15.9. The molecule has 1 unspecified atom stereocenters. The van der Waals surface area contributed by atoms with Gasteiger partial charge in [-0.15, -0.1) is 0 Å². The van der Waals surface area contributed by atoms with Crippen molar-refractivity contribution in [2.75, 3.05) is 20.8 Å². The average molecular weight is 389 g/mol. The summed E-state index contributed by atoms with van der Waals surface area (Å²) < 4.78 is 16.1. The molecule has 0 spiro atoms. The van der Waals surface area contributed by atoms with Crippen molar-refractivity contribution in [3.8, 4) is 23.0 Å². The van der Waals surface area contributed by atoms with Gasteiger partial charge in [-0.1, -0.05) is 0 Å². The molecule has 0 saturated carbocycles. The maximum absolute atomic E-state index is 11.2. The first-order valence-electron chi connectivity index (χ1n) is 8.46. The molecule has 0 aliphatic rings. The summed E-state index contributed by atoms with van der Waals surface area (Å²) in [4.78, 5) is 21.8. The van der Waals surface area contributed by atoms with Gasteiger partial charge in [0.05, 0.1) is 14.2 Å². The molecule has 2 N–H and O–H groups in total. The van der Waals surface area contributed by atoms with Crippen molar-refractivity contribution in [2.24, 2.45) is 0 Å². The lowest BCUT2D eigenvalue weighted by atomic mass is 10.1. The summed E-state index contributed by atoms with van der Waals surface area (Å²) in [7, 11) is 3.13. The van der Waals surface area contributed by atoms with Gasteiger partial charge in [0.1, 0.15) is 30.0 Å². The van der Waals surface area contributed by atoms with Crippen molar-refractivity contribution in [1.29, 1.82) is 0 Å². The van der Waals surface area contributed by atoms with Crippen LogP contribution in [-0.4, -0.2) is 38.0 Å². The Morgan fingerprint density at radius 2 is 1.71 bits per heavy atom. The second-order valence-electron chi connectivity index (χ2n) is 5.69. The number of hydrogen-bond acceptors (Lipinski definition) is 7. The number of amides is 1. The van der Waals surface area contributed by atoms with E-state index in [4.69, 9.17) is 29.2 Å². The van der Waals surface area contributed by atoms with E-state index in [-0.39, 0.29) is 12.7 Å². The van der Waals surface area contributed by atoms with Crippen molar-refractivity contribution >= 4 is 12.0 Å². The SMILES string of the molecule is COc1ccc(OOC(C)COc2cc(OC)ccc2/C=C/C(=O)NO)cc1. The van der Waals surface area contributed by atoms with Crippen molar-refractivity contribution in [2.45, 2.75) is 13.0 Å². The Balaban J connectivity index is 1.95. The lowest BCUT2D eigenvalue weighted by Crippen LogP contribution is -2.20. The topological polar surface area (TPSA) is 95.5 Å². The van der Waals surface area contributed by atoms with Gasteiger partial charge < -0.3 is 19.1 Å². The first-order chi connectivity index (χ1) is 13.5. The Bertz CT molecular complexity index is 790. The number of nitrogens with one attached hydrogen (secondary N) is 1. The van der Waals surface area contributed by atoms with Gasteiger partial charge in [-0.05, 0) is 49.4 Å². The molecule has 8 heteroatoms. The zero-order chi connectivity index (χ0) is 20.4. The molecule has 0 aromatic heterocycles. The number of hydroxylamine groups is 1. The Hall–Kier alpha value is -3.23. The van der Waals surface area contributed by atoms with E-state index < -0.39 is 5.91 Å². The average Bonchev–Trinajstić information content (AvgIpc) is 2.74. The summed E-state index contributed by atoms with van der Waals surface area (Å²) in [5.74, 6) is 1.69. The van der Waals surface area contributed by atoms with Crippen LogP contribution in [-0.2, 0) is 9.68 Å². The smallest absolute Gasteiger partial charge is 0.267 e. The number of carbonyl (C=O) groups is 1. The number of hydrogen-bond donors (Lipinski definition) is 2. The van der Waals surface area contributed by atoms with E-state index in [1.54, 1.807) is 63.6 Å². The van der Waals surface area contributed by atoms with Crippen LogP contribution < -0.4 is 24.6 Å². The maximum Gasteiger partial charge on any atom is 0.267 e. The first-order valence-corrected chi connectivity index (χ1v) is 8.46. The largest absolute Gasteiger partial charge is 0.497 e. The van der Waals surface area contributed by atoms with Crippen LogP contribution in [0.1, 0.15) is 12.5 Å². The number of rotatable bonds is 10. The Labute approximate surface area is 163 Å². The van der Waals surface area contributed by atoms with E-state index in [2.05, 4.69) is 0 Å². The van der Waals surface area contributed by atoms with Crippen LogP contribution in [0.3, 0.4) is 0 Å². The van der Waals surface area contributed by atoms with Gasteiger partial charge in [0.25, 0.3) is 5.91 Å². The molecule has 0 fully saturated rings. The highest BCUT2D eigenvalue weighted by Crippen LogP contribution is 2.26.